The highest BCUT2D eigenvalue weighted by Crippen LogP contribution is 2.56. The van der Waals surface area contributed by atoms with E-state index in [2.05, 4.69) is 99.1 Å². The lowest BCUT2D eigenvalue weighted by Gasteiger charge is -2.38. The lowest BCUT2D eigenvalue weighted by molar-refractivity contribution is 0.560. The van der Waals surface area contributed by atoms with Gasteiger partial charge >= 0.3 is 0 Å². The van der Waals surface area contributed by atoms with Gasteiger partial charge in [0.25, 0.3) is 0 Å². The normalized spacial score (nSPS) is 21.7. The molecule has 0 aliphatic heterocycles. The molecule has 0 heterocycles. The number of rotatable bonds is 2. The van der Waals surface area contributed by atoms with Crippen molar-refractivity contribution in [3.05, 3.63) is 80.8 Å². The quantitative estimate of drug-likeness (QED) is 0.482. The van der Waals surface area contributed by atoms with Crippen molar-refractivity contribution in [1.82, 2.24) is 0 Å². The number of fused-ring (bicyclic) bond motifs is 1. The third-order valence-electron chi connectivity index (χ3n) is 6.33. The van der Waals surface area contributed by atoms with Gasteiger partial charge in [-0.2, -0.15) is 0 Å². The van der Waals surface area contributed by atoms with Gasteiger partial charge in [0, 0.05) is 20.7 Å². The Morgan fingerprint density at radius 2 is 1.28 bits per heavy atom. The van der Waals surface area contributed by atoms with Crippen LogP contribution in [0.25, 0.3) is 0 Å². The smallest absolute Gasteiger partial charge is 0.0206 e. The van der Waals surface area contributed by atoms with E-state index in [0.29, 0.717) is 0 Å². The monoisotopic (exact) mass is 394 g/mol. The molecule has 0 bridgehead atoms. The predicted molar refractivity (Wildman–Crippen MR) is 111 cm³/mol. The fourth-order valence-electron chi connectivity index (χ4n) is 4.49. The maximum Gasteiger partial charge on any atom is 0.0206 e. The molecule has 2 aromatic carbocycles. The standard InChI is InChI=1S/C24H27Br/c1-16-14-20-21(23(4,5)11-10-22(20,2)3)15-19(16)24(12-13-24)17-6-8-18(25)9-7-17/h6-11,14-15H,12-13H2,1-5H3. The van der Waals surface area contributed by atoms with Gasteiger partial charge in [0.2, 0.25) is 0 Å². The van der Waals surface area contributed by atoms with Gasteiger partial charge in [-0.3, -0.25) is 0 Å². The summed E-state index contributed by atoms with van der Waals surface area (Å²) in [5, 5.41) is 0. The summed E-state index contributed by atoms with van der Waals surface area (Å²) in [6, 6.07) is 14.0. The molecule has 25 heavy (non-hydrogen) atoms. The summed E-state index contributed by atoms with van der Waals surface area (Å²) in [6.07, 6.45) is 7.30. The van der Waals surface area contributed by atoms with Gasteiger partial charge in [-0.25, -0.2) is 0 Å². The van der Waals surface area contributed by atoms with Crippen LogP contribution in [-0.4, -0.2) is 0 Å². The second-order valence-corrected chi connectivity index (χ2v) is 9.99. The number of hydrogen-bond acceptors (Lipinski definition) is 0. The molecule has 0 spiro atoms. The average Bonchev–Trinajstić information content (AvgIpc) is 3.34. The van der Waals surface area contributed by atoms with E-state index in [1.54, 1.807) is 0 Å². The van der Waals surface area contributed by atoms with Crippen LogP contribution >= 0.6 is 15.9 Å². The van der Waals surface area contributed by atoms with Crippen molar-refractivity contribution in [2.45, 2.75) is 63.7 Å². The lowest BCUT2D eigenvalue weighted by atomic mass is 9.66. The molecule has 4 rings (SSSR count). The fraction of sp³-hybridized carbons (Fsp3) is 0.417. The maximum atomic E-state index is 3.57. The van der Waals surface area contributed by atoms with E-state index in [1.807, 2.05) is 0 Å². The Balaban J connectivity index is 1.90. The van der Waals surface area contributed by atoms with Gasteiger partial charge in [0.1, 0.15) is 0 Å². The summed E-state index contributed by atoms with van der Waals surface area (Å²) >= 11 is 3.57. The zero-order valence-electron chi connectivity index (χ0n) is 15.9. The predicted octanol–water partition coefficient (Wildman–Crippen LogP) is 6.96. The third kappa shape index (κ3) is 2.63. The molecule has 1 saturated carbocycles. The topological polar surface area (TPSA) is 0 Å². The van der Waals surface area contributed by atoms with Crippen LogP contribution in [0.3, 0.4) is 0 Å². The molecule has 1 heteroatoms. The van der Waals surface area contributed by atoms with Gasteiger partial charge in [-0.15, -0.1) is 0 Å². The highest BCUT2D eigenvalue weighted by Gasteiger charge is 2.47. The molecule has 0 aromatic heterocycles. The molecule has 0 amide bonds. The van der Waals surface area contributed by atoms with Crippen molar-refractivity contribution >= 4 is 15.9 Å². The molecule has 2 aromatic rings. The lowest BCUT2D eigenvalue weighted by Crippen LogP contribution is -2.30. The summed E-state index contributed by atoms with van der Waals surface area (Å²) in [7, 11) is 0. The first kappa shape index (κ1) is 17.1. The van der Waals surface area contributed by atoms with E-state index in [1.165, 1.54) is 40.7 Å². The largest absolute Gasteiger partial charge is 0.0776 e. The summed E-state index contributed by atoms with van der Waals surface area (Å²) in [5.74, 6) is 0. The second-order valence-electron chi connectivity index (χ2n) is 9.08. The number of aryl methyl sites for hydroxylation is 1. The molecule has 0 N–H and O–H groups in total. The molecule has 130 valence electrons. The summed E-state index contributed by atoms with van der Waals surface area (Å²) in [6.45, 7) is 11.7. The van der Waals surface area contributed by atoms with Gasteiger partial charge in [-0.1, -0.05) is 80.0 Å². The third-order valence-corrected chi connectivity index (χ3v) is 6.86. The van der Waals surface area contributed by atoms with Crippen LogP contribution in [0.1, 0.15) is 68.4 Å². The summed E-state index contributed by atoms with van der Waals surface area (Å²) in [4.78, 5) is 0. The highest BCUT2D eigenvalue weighted by atomic mass is 79.9. The minimum atomic E-state index is 0.100. The Labute approximate surface area is 160 Å². The molecule has 0 nitrogen and oxygen atoms in total. The van der Waals surface area contributed by atoms with Crippen LogP contribution < -0.4 is 0 Å². The molecular formula is C24H27Br. The number of halogens is 1. The number of hydrogen-bond donors (Lipinski definition) is 0. The first-order chi connectivity index (χ1) is 11.7. The first-order valence-corrected chi connectivity index (χ1v) is 10.1. The van der Waals surface area contributed by atoms with Crippen LogP contribution in [0.2, 0.25) is 0 Å². The van der Waals surface area contributed by atoms with E-state index >= 15 is 0 Å². The van der Waals surface area contributed by atoms with Crippen LogP contribution in [0.4, 0.5) is 0 Å². The first-order valence-electron chi connectivity index (χ1n) is 9.28. The fourth-order valence-corrected chi connectivity index (χ4v) is 4.76. The van der Waals surface area contributed by atoms with E-state index in [4.69, 9.17) is 0 Å². The SMILES string of the molecule is Cc1cc2c(cc1C1(c3ccc(Br)cc3)CC1)C(C)(C)C=CC2(C)C. The molecule has 2 aliphatic carbocycles. The van der Waals surface area contributed by atoms with Crippen LogP contribution in [0.15, 0.2) is 53.0 Å². The van der Waals surface area contributed by atoms with Crippen molar-refractivity contribution in [3.8, 4) is 0 Å². The highest BCUT2D eigenvalue weighted by molar-refractivity contribution is 9.10. The minimum Gasteiger partial charge on any atom is -0.0776 e. The van der Waals surface area contributed by atoms with Gasteiger partial charge in [0.15, 0.2) is 0 Å². The molecule has 0 radical (unpaired) electrons. The Morgan fingerprint density at radius 3 is 1.80 bits per heavy atom. The van der Waals surface area contributed by atoms with E-state index in [9.17, 15) is 0 Å². The van der Waals surface area contributed by atoms with Crippen LogP contribution in [-0.2, 0) is 16.2 Å². The zero-order valence-corrected chi connectivity index (χ0v) is 17.5. The zero-order chi connectivity index (χ0) is 18.0. The summed E-state index contributed by atoms with van der Waals surface area (Å²) < 4.78 is 1.15. The molecule has 0 atom stereocenters. The Hall–Kier alpha value is -1.34. The Bertz CT molecular complexity index is 862. The van der Waals surface area contributed by atoms with Crippen molar-refractivity contribution in [3.63, 3.8) is 0 Å². The van der Waals surface area contributed by atoms with E-state index in [-0.39, 0.29) is 16.2 Å². The Morgan fingerprint density at radius 1 is 0.760 bits per heavy atom. The van der Waals surface area contributed by atoms with Gasteiger partial charge in [-0.05, 0) is 59.7 Å². The summed E-state index contributed by atoms with van der Waals surface area (Å²) in [5.41, 5.74) is 7.87. The number of benzene rings is 2. The van der Waals surface area contributed by atoms with E-state index < -0.39 is 0 Å². The van der Waals surface area contributed by atoms with Crippen LogP contribution in [0.5, 0.6) is 0 Å². The molecule has 1 fully saturated rings. The van der Waals surface area contributed by atoms with Crippen molar-refractivity contribution in [2.24, 2.45) is 0 Å². The van der Waals surface area contributed by atoms with Crippen molar-refractivity contribution < 1.29 is 0 Å². The second kappa shape index (κ2) is 5.33. The number of allylic oxidation sites excluding steroid dienone is 2. The molecule has 0 saturated heterocycles. The van der Waals surface area contributed by atoms with Gasteiger partial charge in [0.05, 0.1) is 0 Å². The van der Waals surface area contributed by atoms with E-state index in [0.717, 1.165) is 4.47 Å². The van der Waals surface area contributed by atoms with Gasteiger partial charge < -0.3 is 0 Å². The molecule has 0 unspecified atom stereocenters. The Kier molecular flexibility index (Phi) is 3.64. The van der Waals surface area contributed by atoms with Crippen molar-refractivity contribution in [2.75, 3.05) is 0 Å². The minimum absolute atomic E-state index is 0.100. The maximum absolute atomic E-state index is 3.57. The van der Waals surface area contributed by atoms with Crippen molar-refractivity contribution in [1.29, 1.82) is 0 Å². The molecule has 2 aliphatic rings. The average molecular weight is 395 g/mol. The van der Waals surface area contributed by atoms with Crippen LogP contribution in [0, 0.1) is 6.92 Å². The molecular weight excluding hydrogens is 368 g/mol.